The number of thiophene rings is 1. The van der Waals surface area contributed by atoms with Crippen LogP contribution in [0.5, 0.6) is 0 Å². The second-order valence-corrected chi connectivity index (χ2v) is 8.86. The van der Waals surface area contributed by atoms with E-state index in [0.717, 1.165) is 17.7 Å². The molecule has 1 aromatic rings. The Bertz CT molecular complexity index is 572. The summed E-state index contributed by atoms with van der Waals surface area (Å²) in [5.74, 6) is -0.301. The zero-order valence-corrected chi connectivity index (χ0v) is 12.9. The molecule has 2 rings (SSSR count). The van der Waals surface area contributed by atoms with Gasteiger partial charge in [-0.3, -0.25) is 4.79 Å². The number of carbonyl (C=O) groups is 1. The summed E-state index contributed by atoms with van der Waals surface area (Å²) in [5.41, 5.74) is -0.396. The lowest BCUT2D eigenvalue weighted by Crippen LogP contribution is -2.22. The van der Waals surface area contributed by atoms with E-state index in [1.54, 1.807) is 12.1 Å². The van der Waals surface area contributed by atoms with Crippen LogP contribution in [0.3, 0.4) is 0 Å². The van der Waals surface area contributed by atoms with Crippen molar-refractivity contribution < 1.29 is 17.9 Å². The van der Waals surface area contributed by atoms with Gasteiger partial charge in [0, 0.05) is 4.88 Å². The molecular weight excluding hydrogens is 308 g/mol. The summed E-state index contributed by atoms with van der Waals surface area (Å²) in [6.45, 7) is 0. The van der Waals surface area contributed by atoms with E-state index in [1.807, 2.05) is 0 Å². The Balaban J connectivity index is 1.99. The number of ether oxygens (including phenoxy) is 1. The number of hydrogen-bond donors (Lipinski definition) is 0. The molecule has 0 spiro atoms. The Kier molecular flexibility index (Phi) is 4.23. The van der Waals surface area contributed by atoms with Crippen molar-refractivity contribution in [3.05, 3.63) is 21.3 Å². The average Bonchev–Trinajstić information content (AvgIpc) is 2.91. The van der Waals surface area contributed by atoms with Gasteiger partial charge in [-0.25, -0.2) is 8.42 Å². The largest absolute Gasteiger partial charge is 0.469 e. The van der Waals surface area contributed by atoms with Crippen LogP contribution in [0.25, 0.3) is 0 Å². The van der Waals surface area contributed by atoms with Crippen LogP contribution >= 0.6 is 22.9 Å². The average molecular weight is 323 g/mol. The molecule has 1 fully saturated rings. The molecule has 0 amide bonds. The van der Waals surface area contributed by atoms with Crippen molar-refractivity contribution in [3.8, 4) is 0 Å². The van der Waals surface area contributed by atoms with E-state index >= 15 is 0 Å². The van der Waals surface area contributed by atoms with E-state index in [1.165, 1.54) is 18.4 Å². The van der Waals surface area contributed by atoms with Crippen molar-refractivity contribution in [3.63, 3.8) is 0 Å². The fourth-order valence-corrected chi connectivity index (χ4v) is 5.70. The molecule has 0 radical (unpaired) electrons. The summed E-state index contributed by atoms with van der Waals surface area (Å²) in [6, 6.07) is 3.42. The standard InChI is InChI=1S/C12H15ClO4S2/c1-17-11(14)6-12(4-5-12)8-19(15,16)7-9-2-3-10(13)18-9/h2-3H,4-8H2,1H3. The maximum absolute atomic E-state index is 12.1. The lowest BCUT2D eigenvalue weighted by atomic mass is 10.1. The number of hydrogen-bond acceptors (Lipinski definition) is 5. The van der Waals surface area contributed by atoms with Crippen molar-refractivity contribution in [2.45, 2.75) is 25.0 Å². The third kappa shape index (κ3) is 4.19. The Labute approximate surface area is 121 Å². The summed E-state index contributed by atoms with van der Waals surface area (Å²) in [7, 11) is -1.91. The van der Waals surface area contributed by atoms with Crippen LogP contribution in [0.2, 0.25) is 4.34 Å². The SMILES string of the molecule is COC(=O)CC1(CS(=O)(=O)Cc2ccc(Cl)s2)CC1. The maximum atomic E-state index is 12.1. The Hall–Kier alpha value is -0.590. The molecule has 1 aromatic heterocycles. The fraction of sp³-hybridized carbons (Fsp3) is 0.583. The predicted molar refractivity (Wildman–Crippen MR) is 75.1 cm³/mol. The molecule has 0 bridgehead atoms. The zero-order valence-electron chi connectivity index (χ0n) is 10.5. The number of esters is 1. The molecule has 0 unspecified atom stereocenters. The van der Waals surface area contributed by atoms with Gasteiger partial charge in [0.25, 0.3) is 0 Å². The van der Waals surface area contributed by atoms with Gasteiger partial charge in [0.1, 0.15) is 0 Å². The third-order valence-electron chi connectivity index (χ3n) is 3.22. The summed E-state index contributed by atoms with van der Waals surface area (Å²) < 4.78 is 29.5. The minimum absolute atomic E-state index is 0.00664. The maximum Gasteiger partial charge on any atom is 0.306 e. The topological polar surface area (TPSA) is 60.4 Å². The molecule has 0 N–H and O–H groups in total. The second kappa shape index (κ2) is 5.42. The highest BCUT2D eigenvalue weighted by molar-refractivity contribution is 7.90. The molecule has 1 aliphatic carbocycles. The van der Waals surface area contributed by atoms with Gasteiger partial charge in [0.05, 0.1) is 29.4 Å². The van der Waals surface area contributed by atoms with E-state index in [9.17, 15) is 13.2 Å². The van der Waals surface area contributed by atoms with E-state index in [4.69, 9.17) is 11.6 Å². The first-order valence-corrected chi connectivity index (χ1v) is 8.87. The highest BCUT2D eigenvalue weighted by Gasteiger charge is 2.47. The summed E-state index contributed by atoms with van der Waals surface area (Å²) in [4.78, 5) is 12.0. The summed E-state index contributed by atoms with van der Waals surface area (Å²) in [5, 5.41) is 0. The zero-order chi connectivity index (χ0) is 14.1. The molecule has 4 nitrogen and oxygen atoms in total. The minimum atomic E-state index is -3.23. The van der Waals surface area contributed by atoms with Gasteiger partial charge in [0.2, 0.25) is 0 Å². The molecule has 19 heavy (non-hydrogen) atoms. The van der Waals surface area contributed by atoms with E-state index in [0.29, 0.717) is 4.34 Å². The van der Waals surface area contributed by atoms with Crippen LogP contribution in [-0.2, 0) is 25.1 Å². The Morgan fingerprint density at radius 3 is 2.63 bits per heavy atom. The number of carbonyl (C=O) groups excluding carboxylic acids is 1. The van der Waals surface area contributed by atoms with Gasteiger partial charge >= 0.3 is 5.97 Å². The smallest absolute Gasteiger partial charge is 0.306 e. The molecule has 1 aliphatic rings. The van der Waals surface area contributed by atoms with Gasteiger partial charge in [-0.15, -0.1) is 11.3 Å². The van der Waals surface area contributed by atoms with Crippen LogP contribution < -0.4 is 0 Å². The molecule has 7 heteroatoms. The predicted octanol–water partition coefficient (Wildman–Crippen LogP) is 2.66. The number of methoxy groups -OCH3 is 1. The van der Waals surface area contributed by atoms with Gasteiger partial charge in [-0.1, -0.05) is 11.6 Å². The number of halogens is 1. The first kappa shape index (κ1) is 14.8. The molecule has 1 saturated carbocycles. The van der Waals surface area contributed by atoms with Gasteiger partial charge < -0.3 is 4.74 Å². The van der Waals surface area contributed by atoms with Gasteiger partial charge in [0.15, 0.2) is 9.84 Å². The Morgan fingerprint density at radius 1 is 1.47 bits per heavy atom. The molecule has 0 saturated heterocycles. The third-order valence-corrected chi connectivity index (χ3v) is 6.44. The lowest BCUT2D eigenvalue weighted by Gasteiger charge is -2.13. The molecule has 106 valence electrons. The number of sulfone groups is 1. The lowest BCUT2D eigenvalue weighted by molar-refractivity contribution is -0.141. The Morgan fingerprint density at radius 2 is 2.16 bits per heavy atom. The van der Waals surface area contributed by atoms with Crippen LogP contribution in [0.4, 0.5) is 0 Å². The normalized spacial score (nSPS) is 17.2. The quantitative estimate of drug-likeness (QED) is 0.755. The van der Waals surface area contributed by atoms with Crippen molar-refractivity contribution in [1.29, 1.82) is 0 Å². The van der Waals surface area contributed by atoms with Crippen LogP contribution in [0.1, 0.15) is 24.1 Å². The van der Waals surface area contributed by atoms with Gasteiger partial charge in [-0.2, -0.15) is 0 Å². The summed E-state index contributed by atoms with van der Waals surface area (Å²) >= 11 is 7.06. The molecule has 0 aliphatic heterocycles. The summed E-state index contributed by atoms with van der Waals surface area (Å²) in [6.07, 6.45) is 1.73. The van der Waals surface area contributed by atoms with Crippen LogP contribution in [-0.4, -0.2) is 27.2 Å². The molecule has 1 heterocycles. The van der Waals surface area contributed by atoms with Crippen LogP contribution in [0, 0.1) is 5.41 Å². The first-order chi connectivity index (χ1) is 8.84. The van der Waals surface area contributed by atoms with Crippen molar-refractivity contribution >= 4 is 38.7 Å². The van der Waals surface area contributed by atoms with E-state index in [2.05, 4.69) is 4.74 Å². The highest BCUT2D eigenvalue weighted by Crippen LogP contribution is 2.50. The molecule has 0 atom stereocenters. The molecule has 0 aromatic carbocycles. The van der Waals surface area contributed by atoms with Crippen molar-refractivity contribution in [1.82, 2.24) is 0 Å². The van der Waals surface area contributed by atoms with Crippen LogP contribution in [0.15, 0.2) is 12.1 Å². The van der Waals surface area contributed by atoms with Crippen molar-refractivity contribution in [2.75, 3.05) is 12.9 Å². The highest BCUT2D eigenvalue weighted by atomic mass is 35.5. The first-order valence-electron chi connectivity index (χ1n) is 5.86. The van der Waals surface area contributed by atoms with E-state index in [-0.39, 0.29) is 23.9 Å². The second-order valence-electron chi connectivity index (χ2n) is 4.99. The molecular formula is C12H15ClO4S2. The van der Waals surface area contributed by atoms with Crippen molar-refractivity contribution in [2.24, 2.45) is 5.41 Å². The minimum Gasteiger partial charge on any atom is -0.469 e. The van der Waals surface area contributed by atoms with Gasteiger partial charge in [-0.05, 0) is 30.4 Å². The van der Waals surface area contributed by atoms with E-state index < -0.39 is 15.3 Å². The monoisotopic (exact) mass is 322 g/mol. The fourth-order valence-electron chi connectivity index (χ4n) is 2.09. The number of rotatable bonds is 6.